The van der Waals surface area contributed by atoms with E-state index in [1.54, 1.807) is 18.0 Å². The Morgan fingerprint density at radius 2 is 2.40 bits per heavy atom. The number of imidazole rings is 1. The van der Waals surface area contributed by atoms with Gasteiger partial charge in [0, 0.05) is 30.2 Å². The summed E-state index contributed by atoms with van der Waals surface area (Å²) in [6, 6.07) is 0.206. The molecule has 0 aliphatic carbocycles. The summed E-state index contributed by atoms with van der Waals surface area (Å²) in [5.41, 5.74) is 0. The topological polar surface area (TPSA) is 50.1 Å². The van der Waals surface area contributed by atoms with Gasteiger partial charge in [0.2, 0.25) is 5.95 Å². The highest BCUT2D eigenvalue weighted by atomic mass is 32.2. The Hall–Kier alpha value is -0.680. The van der Waals surface area contributed by atoms with E-state index in [4.69, 9.17) is 5.11 Å². The van der Waals surface area contributed by atoms with Gasteiger partial charge in [-0.2, -0.15) is 11.8 Å². The molecular formula is C10H19N3OS. The molecule has 2 N–H and O–H groups in total. The Balaban J connectivity index is 2.60. The number of thioether (sulfide) groups is 1. The highest BCUT2D eigenvalue weighted by Gasteiger charge is 2.16. The second-order valence-electron chi connectivity index (χ2n) is 3.43. The molecule has 4 nitrogen and oxygen atoms in total. The van der Waals surface area contributed by atoms with Crippen LogP contribution >= 0.6 is 11.8 Å². The average molecular weight is 229 g/mol. The van der Waals surface area contributed by atoms with Gasteiger partial charge in [-0.1, -0.05) is 0 Å². The van der Waals surface area contributed by atoms with Gasteiger partial charge >= 0.3 is 0 Å². The van der Waals surface area contributed by atoms with Crippen molar-refractivity contribution < 1.29 is 5.11 Å². The fourth-order valence-electron chi connectivity index (χ4n) is 1.44. The molecule has 0 radical (unpaired) electrons. The van der Waals surface area contributed by atoms with E-state index >= 15 is 0 Å². The number of nitrogens with one attached hydrogen (secondary N) is 1. The maximum absolute atomic E-state index is 9.16. The number of aryl methyl sites for hydroxylation is 1. The zero-order valence-electron chi connectivity index (χ0n) is 9.47. The first-order valence-electron chi connectivity index (χ1n) is 5.14. The third-order valence-corrected chi connectivity index (χ3v) is 3.62. The molecule has 0 aromatic carbocycles. The van der Waals surface area contributed by atoms with Crippen molar-refractivity contribution in [1.29, 1.82) is 0 Å². The van der Waals surface area contributed by atoms with Crippen molar-refractivity contribution >= 4 is 17.7 Å². The van der Waals surface area contributed by atoms with E-state index in [2.05, 4.69) is 24.1 Å². The molecule has 1 rings (SSSR count). The molecule has 1 aromatic rings. The minimum absolute atomic E-state index is 0.183. The van der Waals surface area contributed by atoms with Gasteiger partial charge in [-0.3, -0.25) is 0 Å². The Morgan fingerprint density at radius 3 is 2.93 bits per heavy atom. The lowest BCUT2D eigenvalue weighted by Crippen LogP contribution is -2.32. The average Bonchev–Trinajstić information content (AvgIpc) is 2.67. The van der Waals surface area contributed by atoms with Crippen LogP contribution in [0.15, 0.2) is 12.4 Å². The van der Waals surface area contributed by atoms with Crippen LogP contribution in [0.3, 0.4) is 0 Å². The lowest BCUT2D eigenvalue weighted by molar-refractivity contribution is 0.288. The number of anilines is 1. The Kier molecular flexibility index (Phi) is 4.98. The van der Waals surface area contributed by atoms with Gasteiger partial charge in [0.25, 0.3) is 0 Å². The molecule has 2 atom stereocenters. The van der Waals surface area contributed by atoms with Crippen molar-refractivity contribution in [1.82, 2.24) is 9.55 Å². The van der Waals surface area contributed by atoms with E-state index in [0.717, 1.165) is 12.5 Å². The summed E-state index contributed by atoms with van der Waals surface area (Å²) in [6.07, 6.45) is 5.74. The van der Waals surface area contributed by atoms with Gasteiger partial charge in [0.15, 0.2) is 0 Å². The standard InChI is InChI=1S/C10H19N3OS/c1-4-13-6-5-11-10(13)12-8(2)9(7-14)15-3/h5-6,8-9,14H,4,7H2,1-3H3,(H,11,12). The maximum Gasteiger partial charge on any atom is 0.203 e. The predicted molar refractivity (Wildman–Crippen MR) is 65.4 cm³/mol. The number of aliphatic hydroxyl groups excluding tert-OH is 1. The first-order valence-corrected chi connectivity index (χ1v) is 6.43. The maximum atomic E-state index is 9.16. The normalized spacial score (nSPS) is 14.9. The molecule has 1 aromatic heterocycles. The third kappa shape index (κ3) is 3.14. The van der Waals surface area contributed by atoms with Crippen molar-refractivity contribution in [2.45, 2.75) is 31.7 Å². The Labute approximate surface area is 95.1 Å². The lowest BCUT2D eigenvalue weighted by atomic mass is 10.2. The van der Waals surface area contributed by atoms with Crippen LogP contribution in [0.4, 0.5) is 5.95 Å². The smallest absolute Gasteiger partial charge is 0.203 e. The number of hydrogen-bond acceptors (Lipinski definition) is 4. The molecule has 0 amide bonds. The highest BCUT2D eigenvalue weighted by molar-refractivity contribution is 7.99. The molecular weight excluding hydrogens is 210 g/mol. The summed E-state index contributed by atoms with van der Waals surface area (Å²) in [7, 11) is 0. The van der Waals surface area contributed by atoms with Gasteiger partial charge < -0.3 is 15.0 Å². The Bertz CT molecular complexity index is 286. The monoisotopic (exact) mass is 229 g/mol. The van der Waals surface area contributed by atoms with Crippen LogP contribution in [0, 0.1) is 0 Å². The largest absolute Gasteiger partial charge is 0.395 e. The minimum atomic E-state index is 0.183. The SMILES string of the molecule is CCn1ccnc1NC(C)C(CO)SC. The fourth-order valence-corrected chi connectivity index (χ4v) is 2.06. The number of aromatic nitrogens is 2. The molecule has 1 heterocycles. The second kappa shape index (κ2) is 6.02. The Morgan fingerprint density at radius 1 is 1.67 bits per heavy atom. The summed E-state index contributed by atoms with van der Waals surface area (Å²) in [5.74, 6) is 0.873. The second-order valence-corrected chi connectivity index (χ2v) is 4.50. The molecule has 0 saturated heterocycles. The van der Waals surface area contributed by atoms with Gasteiger partial charge in [0.1, 0.15) is 0 Å². The van der Waals surface area contributed by atoms with Crippen LogP contribution in [-0.4, -0.2) is 38.8 Å². The van der Waals surface area contributed by atoms with Gasteiger partial charge in [-0.05, 0) is 20.1 Å². The highest BCUT2D eigenvalue weighted by Crippen LogP contribution is 2.14. The van der Waals surface area contributed by atoms with E-state index in [-0.39, 0.29) is 17.9 Å². The summed E-state index contributed by atoms with van der Waals surface area (Å²) < 4.78 is 2.05. The molecule has 0 aliphatic rings. The van der Waals surface area contributed by atoms with Crippen LogP contribution in [-0.2, 0) is 6.54 Å². The fraction of sp³-hybridized carbons (Fsp3) is 0.700. The van der Waals surface area contributed by atoms with E-state index < -0.39 is 0 Å². The number of hydrogen-bond donors (Lipinski definition) is 2. The van der Waals surface area contributed by atoms with E-state index in [1.807, 2.05) is 17.0 Å². The third-order valence-electron chi connectivity index (χ3n) is 2.45. The molecule has 0 aliphatic heterocycles. The quantitative estimate of drug-likeness (QED) is 0.775. The molecule has 2 unspecified atom stereocenters. The zero-order chi connectivity index (χ0) is 11.3. The molecule has 5 heteroatoms. The van der Waals surface area contributed by atoms with Crippen molar-refractivity contribution in [3.63, 3.8) is 0 Å². The van der Waals surface area contributed by atoms with Gasteiger partial charge in [0.05, 0.1) is 6.61 Å². The first kappa shape index (κ1) is 12.4. The van der Waals surface area contributed by atoms with E-state index in [1.165, 1.54) is 0 Å². The molecule has 86 valence electrons. The van der Waals surface area contributed by atoms with Crippen molar-refractivity contribution in [3.05, 3.63) is 12.4 Å². The molecule has 15 heavy (non-hydrogen) atoms. The summed E-state index contributed by atoms with van der Waals surface area (Å²) in [6.45, 7) is 5.22. The number of nitrogens with zero attached hydrogens (tertiary/aromatic N) is 2. The molecule has 0 bridgehead atoms. The van der Waals surface area contributed by atoms with E-state index in [0.29, 0.717) is 0 Å². The summed E-state index contributed by atoms with van der Waals surface area (Å²) in [5, 5.41) is 12.7. The van der Waals surface area contributed by atoms with Crippen molar-refractivity contribution in [2.24, 2.45) is 0 Å². The van der Waals surface area contributed by atoms with E-state index in [9.17, 15) is 0 Å². The molecule has 0 spiro atoms. The van der Waals surface area contributed by atoms with Crippen LogP contribution < -0.4 is 5.32 Å². The number of aliphatic hydroxyl groups is 1. The predicted octanol–water partition coefficient (Wildman–Crippen LogP) is 1.43. The summed E-state index contributed by atoms with van der Waals surface area (Å²) >= 11 is 1.66. The minimum Gasteiger partial charge on any atom is -0.395 e. The molecule has 0 saturated carbocycles. The van der Waals surface area contributed by atoms with Gasteiger partial charge in [-0.25, -0.2) is 4.98 Å². The van der Waals surface area contributed by atoms with Crippen LogP contribution in [0.1, 0.15) is 13.8 Å². The van der Waals surface area contributed by atoms with Crippen molar-refractivity contribution in [3.8, 4) is 0 Å². The van der Waals surface area contributed by atoms with Crippen LogP contribution in [0.2, 0.25) is 0 Å². The number of rotatable bonds is 6. The zero-order valence-corrected chi connectivity index (χ0v) is 10.3. The molecule has 0 fully saturated rings. The summed E-state index contributed by atoms with van der Waals surface area (Å²) in [4.78, 5) is 4.24. The van der Waals surface area contributed by atoms with Crippen LogP contribution in [0.25, 0.3) is 0 Å². The lowest BCUT2D eigenvalue weighted by Gasteiger charge is -2.22. The van der Waals surface area contributed by atoms with Gasteiger partial charge in [-0.15, -0.1) is 0 Å². The van der Waals surface area contributed by atoms with Crippen LogP contribution in [0.5, 0.6) is 0 Å². The van der Waals surface area contributed by atoms with Crippen molar-refractivity contribution in [2.75, 3.05) is 18.2 Å². The first-order chi connectivity index (χ1) is 7.22.